The maximum atomic E-state index is 12.5. The number of aromatic nitrogens is 1. The average molecular weight is 317 g/mol. The van der Waals surface area contributed by atoms with Gasteiger partial charge in [-0.05, 0) is 12.5 Å². The molecule has 0 spiro atoms. The van der Waals surface area contributed by atoms with Crippen molar-refractivity contribution in [2.45, 2.75) is 6.42 Å². The van der Waals surface area contributed by atoms with Gasteiger partial charge in [0, 0.05) is 26.5 Å². The number of rotatable bonds is 9. The molecule has 0 aromatic carbocycles. The van der Waals surface area contributed by atoms with Crippen molar-refractivity contribution in [3.05, 3.63) is 18.5 Å². The van der Waals surface area contributed by atoms with Gasteiger partial charge in [0.1, 0.15) is 12.4 Å². The van der Waals surface area contributed by atoms with Crippen molar-refractivity contribution in [3.63, 3.8) is 0 Å². The minimum absolute atomic E-state index is 0. The zero-order valence-corrected chi connectivity index (χ0v) is 14.8. The zero-order chi connectivity index (χ0) is 14.1. The van der Waals surface area contributed by atoms with Gasteiger partial charge in [0.2, 0.25) is 0 Å². The molecular formula is C11H16BF3KNO3. The summed E-state index contributed by atoms with van der Waals surface area (Å²) in [6.07, 6.45) is 2.80. The number of methoxy groups -OCH3 is 1. The van der Waals surface area contributed by atoms with E-state index in [1.807, 2.05) is 0 Å². The molecule has 1 aromatic heterocycles. The smallest absolute Gasteiger partial charge is 0.490 e. The molecule has 9 heteroatoms. The van der Waals surface area contributed by atoms with Crippen LogP contribution < -0.4 is 61.6 Å². The first kappa shape index (κ1) is 20.4. The molecule has 20 heavy (non-hydrogen) atoms. The third-order valence-electron chi connectivity index (χ3n) is 2.25. The van der Waals surface area contributed by atoms with Crippen LogP contribution in [0.2, 0.25) is 0 Å². The van der Waals surface area contributed by atoms with Crippen LogP contribution in [0.4, 0.5) is 12.9 Å². The van der Waals surface area contributed by atoms with E-state index in [1.165, 1.54) is 6.20 Å². The Morgan fingerprint density at radius 3 is 2.50 bits per heavy atom. The van der Waals surface area contributed by atoms with Crippen molar-refractivity contribution in [1.82, 2.24) is 4.98 Å². The first-order chi connectivity index (χ1) is 9.04. The third-order valence-corrected chi connectivity index (χ3v) is 2.25. The first-order valence-corrected chi connectivity index (χ1v) is 5.88. The molecule has 0 saturated heterocycles. The molecule has 0 aliphatic rings. The molecule has 0 bridgehead atoms. The minimum atomic E-state index is -5.05. The van der Waals surface area contributed by atoms with E-state index in [4.69, 9.17) is 14.2 Å². The molecule has 0 amide bonds. The van der Waals surface area contributed by atoms with Crippen molar-refractivity contribution < 1.29 is 78.5 Å². The van der Waals surface area contributed by atoms with Crippen LogP contribution in [0.5, 0.6) is 5.75 Å². The molecule has 108 valence electrons. The Bertz CT molecular complexity index is 382. The summed E-state index contributed by atoms with van der Waals surface area (Å²) in [6.45, 7) is -3.41. The molecule has 1 rings (SSSR count). The van der Waals surface area contributed by atoms with Gasteiger partial charge >= 0.3 is 58.4 Å². The Hall–Kier alpha value is 0.361. The summed E-state index contributed by atoms with van der Waals surface area (Å²) in [5.74, 6) is 0.0946. The zero-order valence-electron chi connectivity index (χ0n) is 11.7. The number of ether oxygens (including phenoxy) is 3. The van der Waals surface area contributed by atoms with E-state index in [1.54, 1.807) is 7.11 Å². The summed E-state index contributed by atoms with van der Waals surface area (Å²) in [6, 6.07) is 0.942. The minimum Gasteiger partial charge on any atom is -0.490 e. The molecule has 0 unspecified atom stereocenters. The quantitative estimate of drug-likeness (QED) is 0.414. The van der Waals surface area contributed by atoms with Gasteiger partial charge < -0.3 is 27.2 Å². The molecule has 0 fully saturated rings. The summed E-state index contributed by atoms with van der Waals surface area (Å²) in [5.41, 5.74) is -0.765. The molecule has 0 aliphatic heterocycles. The van der Waals surface area contributed by atoms with Crippen LogP contribution in [0, 0.1) is 0 Å². The van der Waals surface area contributed by atoms with Crippen molar-refractivity contribution in [1.29, 1.82) is 0 Å². The van der Waals surface area contributed by atoms with Crippen molar-refractivity contribution >= 4 is 12.4 Å². The predicted octanol–water partition coefficient (Wildman–Crippen LogP) is -1.43. The van der Waals surface area contributed by atoms with Crippen LogP contribution in [0.15, 0.2) is 18.5 Å². The number of halogens is 3. The van der Waals surface area contributed by atoms with Crippen molar-refractivity contribution in [2.75, 3.05) is 33.5 Å². The number of pyridine rings is 1. The molecule has 0 atom stereocenters. The molecule has 0 N–H and O–H groups in total. The normalized spacial score (nSPS) is 11.0. The van der Waals surface area contributed by atoms with E-state index >= 15 is 0 Å². The van der Waals surface area contributed by atoms with Gasteiger partial charge in [-0.1, -0.05) is 5.46 Å². The van der Waals surface area contributed by atoms with Gasteiger partial charge in [-0.2, -0.15) is 0 Å². The first-order valence-electron chi connectivity index (χ1n) is 5.88. The Morgan fingerprint density at radius 1 is 1.10 bits per heavy atom. The Balaban J connectivity index is 0.00000361. The largest absolute Gasteiger partial charge is 1.00 e. The standard InChI is InChI=1S/C11H16BF3NO3.K/c1-17-3-2-4-18-5-6-19-11-7-10(8-16-9-11)12(13,14)15;/h7-9H,2-6H2,1H3;/q-1;+1. The molecule has 0 saturated carbocycles. The predicted molar refractivity (Wildman–Crippen MR) is 65.8 cm³/mol. The van der Waals surface area contributed by atoms with Crippen LogP contribution in [0.3, 0.4) is 0 Å². The van der Waals surface area contributed by atoms with Crippen molar-refractivity contribution in [2.24, 2.45) is 0 Å². The van der Waals surface area contributed by atoms with Gasteiger partial charge in [0.05, 0.1) is 12.8 Å². The van der Waals surface area contributed by atoms with E-state index in [9.17, 15) is 12.9 Å². The second-order valence-corrected chi connectivity index (χ2v) is 3.84. The summed E-state index contributed by atoms with van der Waals surface area (Å²) in [7, 11) is 1.60. The Kier molecular flexibility index (Phi) is 11.2. The van der Waals surface area contributed by atoms with Gasteiger partial charge in [-0.25, -0.2) is 0 Å². The van der Waals surface area contributed by atoms with Crippen LogP contribution in [0.25, 0.3) is 0 Å². The topological polar surface area (TPSA) is 40.6 Å². The number of hydrogen-bond donors (Lipinski definition) is 0. The van der Waals surface area contributed by atoms with Gasteiger partial charge in [0.25, 0.3) is 0 Å². The van der Waals surface area contributed by atoms with Crippen LogP contribution in [0.1, 0.15) is 6.42 Å². The second kappa shape index (κ2) is 11.0. The maximum Gasteiger partial charge on any atom is 1.00 e. The Morgan fingerprint density at radius 2 is 1.85 bits per heavy atom. The van der Waals surface area contributed by atoms with Crippen molar-refractivity contribution in [3.8, 4) is 5.75 Å². The molecule has 0 aliphatic carbocycles. The van der Waals surface area contributed by atoms with Crippen LogP contribution >= 0.6 is 0 Å². The third kappa shape index (κ3) is 8.60. The molecule has 4 nitrogen and oxygen atoms in total. The summed E-state index contributed by atoms with van der Waals surface area (Å²) < 4.78 is 52.6. The SMILES string of the molecule is COCCCOCCOc1cncc([B-](F)(F)F)c1.[K+]. The van der Waals surface area contributed by atoms with E-state index < -0.39 is 12.4 Å². The number of nitrogens with zero attached hydrogens (tertiary/aromatic N) is 1. The fourth-order valence-corrected chi connectivity index (χ4v) is 1.32. The molecule has 1 heterocycles. The monoisotopic (exact) mass is 317 g/mol. The molecular weight excluding hydrogens is 301 g/mol. The van der Waals surface area contributed by atoms with E-state index in [-0.39, 0.29) is 63.7 Å². The van der Waals surface area contributed by atoms with Crippen LogP contribution in [-0.2, 0) is 9.47 Å². The van der Waals surface area contributed by atoms with Gasteiger partial charge in [-0.15, -0.1) is 0 Å². The van der Waals surface area contributed by atoms with E-state index in [0.717, 1.165) is 18.7 Å². The summed E-state index contributed by atoms with van der Waals surface area (Å²) >= 11 is 0. The van der Waals surface area contributed by atoms with Gasteiger partial charge in [-0.3, -0.25) is 4.98 Å². The van der Waals surface area contributed by atoms with E-state index in [0.29, 0.717) is 19.8 Å². The summed E-state index contributed by atoms with van der Waals surface area (Å²) in [5, 5.41) is 0. The van der Waals surface area contributed by atoms with Crippen LogP contribution in [-0.4, -0.2) is 45.5 Å². The summed E-state index contributed by atoms with van der Waals surface area (Å²) in [4.78, 5) is 3.50. The fraction of sp³-hybridized carbons (Fsp3) is 0.545. The average Bonchev–Trinajstić information content (AvgIpc) is 2.37. The van der Waals surface area contributed by atoms with E-state index in [2.05, 4.69) is 4.98 Å². The molecule has 1 aromatic rings. The molecule has 0 radical (unpaired) electrons. The van der Waals surface area contributed by atoms with Gasteiger partial charge in [0.15, 0.2) is 0 Å². The Labute approximate surface area is 158 Å². The maximum absolute atomic E-state index is 12.5. The number of hydrogen-bond acceptors (Lipinski definition) is 4. The second-order valence-electron chi connectivity index (χ2n) is 3.84. The fourth-order valence-electron chi connectivity index (χ4n) is 1.32.